The molecule has 5 atom stereocenters. The van der Waals surface area contributed by atoms with Gasteiger partial charge in [-0.2, -0.15) is 0 Å². The van der Waals surface area contributed by atoms with Gasteiger partial charge in [0.05, 0.1) is 19.0 Å². The minimum atomic E-state index is -0.457. The van der Waals surface area contributed by atoms with Crippen molar-refractivity contribution >= 4 is 23.0 Å². The highest BCUT2D eigenvalue weighted by Crippen LogP contribution is 2.65. The fourth-order valence-corrected chi connectivity index (χ4v) is 6.46. The minimum absolute atomic E-state index is 0.0745. The van der Waals surface area contributed by atoms with E-state index in [1.807, 2.05) is 12.1 Å². The normalized spacial score (nSPS) is 31.4. The molecule has 2 aliphatic heterocycles. The molecule has 6 rings (SSSR count). The molecular formula is C23H20FN3O. The van der Waals surface area contributed by atoms with Crippen molar-refractivity contribution < 1.29 is 9.18 Å². The molecule has 0 aromatic heterocycles. The molecule has 2 saturated carbocycles. The van der Waals surface area contributed by atoms with Crippen LogP contribution in [0.5, 0.6) is 0 Å². The van der Waals surface area contributed by atoms with E-state index in [0.717, 1.165) is 22.5 Å². The maximum absolute atomic E-state index is 13.9. The highest BCUT2D eigenvalue weighted by atomic mass is 19.1. The van der Waals surface area contributed by atoms with Crippen molar-refractivity contribution in [2.45, 2.75) is 37.6 Å². The molecule has 2 heterocycles. The molecule has 1 unspecified atom stereocenters. The highest BCUT2D eigenvalue weighted by molar-refractivity contribution is 6.00. The molecule has 4 aliphatic rings. The first-order valence-corrected chi connectivity index (χ1v) is 10.0. The minimum Gasteiger partial charge on any atom is -0.378 e. The van der Waals surface area contributed by atoms with Gasteiger partial charge in [0.15, 0.2) is 0 Å². The first-order chi connectivity index (χ1) is 13.6. The predicted molar refractivity (Wildman–Crippen MR) is 105 cm³/mol. The van der Waals surface area contributed by atoms with Gasteiger partial charge in [0, 0.05) is 11.4 Å². The van der Waals surface area contributed by atoms with Crippen LogP contribution in [0.4, 0.5) is 21.5 Å². The van der Waals surface area contributed by atoms with Gasteiger partial charge in [-0.05, 0) is 83.9 Å². The van der Waals surface area contributed by atoms with Gasteiger partial charge in [0.1, 0.15) is 5.82 Å². The number of carbonyl (C=O) groups excluding carboxylic acids is 1. The molecule has 140 valence electrons. The zero-order valence-electron chi connectivity index (χ0n) is 15.3. The van der Waals surface area contributed by atoms with Crippen molar-refractivity contribution in [1.29, 1.82) is 0 Å². The number of rotatable bonds is 1. The lowest BCUT2D eigenvalue weighted by Gasteiger charge is -2.44. The van der Waals surface area contributed by atoms with Crippen LogP contribution in [-0.4, -0.2) is 5.91 Å². The third-order valence-electron chi connectivity index (χ3n) is 7.43. The van der Waals surface area contributed by atoms with E-state index >= 15 is 0 Å². The summed E-state index contributed by atoms with van der Waals surface area (Å²) in [6.07, 6.45) is 4.18. The fraction of sp³-hybridized carbons (Fsp3) is 0.391. The molecule has 0 radical (unpaired) electrons. The maximum atomic E-state index is 13.9. The Kier molecular flexibility index (Phi) is 3.21. The van der Waals surface area contributed by atoms with Gasteiger partial charge < -0.3 is 10.6 Å². The second-order valence-corrected chi connectivity index (χ2v) is 8.66. The van der Waals surface area contributed by atoms with Crippen LogP contribution < -0.4 is 10.6 Å². The molecule has 5 heteroatoms. The summed E-state index contributed by atoms with van der Waals surface area (Å²) in [5, 5.41) is 6.71. The molecule has 28 heavy (non-hydrogen) atoms. The van der Waals surface area contributed by atoms with Gasteiger partial charge in [0.2, 0.25) is 11.6 Å². The lowest BCUT2D eigenvalue weighted by atomic mass is 9.67. The Balaban J connectivity index is 1.51. The number of hydrogen-bond donors (Lipinski definition) is 2. The molecule has 2 bridgehead atoms. The lowest BCUT2D eigenvalue weighted by molar-refractivity contribution is -0.115. The molecule has 0 saturated heterocycles. The van der Waals surface area contributed by atoms with Gasteiger partial charge in [-0.15, -0.1) is 0 Å². The molecule has 2 N–H and O–H groups in total. The van der Waals surface area contributed by atoms with Crippen molar-refractivity contribution in [3.05, 3.63) is 64.3 Å². The van der Waals surface area contributed by atoms with E-state index in [0.29, 0.717) is 30.1 Å². The molecule has 2 aromatic rings. The van der Waals surface area contributed by atoms with Crippen LogP contribution in [0, 0.1) is 30.1 Å². The van der Waals surface area contributed by atoms with E-state index in [4.69, 9.17) is 6.57 Å². The second kappa shape index (κ2) is 5.57. The Morgan fingerprint density at radius 3 is 2.79 bits per heavy atom. The largest absolute Gasteiger partial charge is 0.378 e. The Bertz CT molecular complexity index is 1070. The van der Waals surface area contributed by atoms with E-state index < -0.39 is 5.82 Å². The van der Waals surface area contributed by atoms with Gasteiger partial charge in [-0.3, -0.25) is 4.79 Å². The average molecular weight is 373 g/mol. The van der Waals surface area contributed by atoms with Crippen LogP contribution in [0.15, 0.2) is 30.3 Å². The van der Waals surface area contributed by atoms with Crippen LogP contribution in [-0.2, 0) is 11.2 Å². The molecular weight excluding hydrogens is 353 g/mol. The van der Waals surface area contributed by atoms with Gasteiger partial charge >= 0.3 is 0 Å². The SMILES string of the molecule is [C-]#[N+]c1cc([C@H]2Nc3ccc4c(c3[C@@H]3C5CC[C@H](C5)[C@H]23)CC(=O)N4)ccc1F. The maximum Gasteiger partial charge on any atom is 0.228 e. The molecule has 2 aromatic carbocycles. The number of benzene rings is 2. The number of hydrogen-bond acceptors (Lipinski definition) is 2. The molecule has 2 aliphatic carbocycles. The van der Waals surface area contributed by atoms with Crippen molar-refractivity contribution in [2.24, 2.45) is 17.8 Å². The summed E-state index contributed by atoms with van der Waals surface area (Å²) in [6.45, 7) is 7.27. The summed E-state index contributed by atoms with van der Waals surface area (Å²) in [6, 6.07) is 9.12. The molecule has 2 fully saturated rings. The highest BCUT2D eigenvalue weighted by Gasteiger charge is 2.54. The monoisotopic (exact) mass is 373 g/mol. The van der Waals surface area contributed by atoms with E-state index in [2.05, 4.69) is 21.5 Å². The number of nitrogens with one attached hydrogen (secondary N) is 2. The number of amides is 1. The third kappa shape index (κ3) is 2.06. The van der Waals surface area contributed by atoms with Crippen LogP contribution in [0.1, 0.15) is 47.9 Å². The number of fused-ring (bicyclic) bond motifs is 9. The van der Waals surface area contributed by atoms with E-state index in [-0.39, 0.29) is 17.6 Å². The fourth-order valence-electron chi connectivity index (χ4n) is 6.46. The molecule has 0 spiro atoms. The Labute approximate surface area is 163 Å². The van der Waals surface area contributed by atoms with E-state index in [1.165, 1.54) is 30.9 Å². The van der Waals surface area contributed by atoms with Gasteiger partial charge in [-0.1, -0.05) is 6.07 Å². The second-order valence-electron chi connectivity index (χ2n) is 8.66. The number of nitrogens with zero attached hydrogens (tertiary/aromatic N) is 1. The first-order valence-electron chi connectivity index (χ1n) is 10.0. The van der Waals surface area contributed by atoms with Crippen molar-refractivity contribution in [1.82, 2.24) is 0 Å². The van der Waals surface area contributed by atoms with Crippen LogP contribution in [0.2, 0.25) is 0 Å². The van der Waals surface area contributed by atoms with Crippen LogP contribution in [0.3, 0.4) is 0 Å². The third-order valence-corrected chi connectivity index (χ3v) is 7.43. The Hall–Kier alpha value is -2.87. The summed E-state index contributed by atoms with van der Waals surface area (Å²) in [4.78, 5) is 15.4. The molecule has 4 nitrogen and oxygen atoms in total. The summed E-state index contributed by atoms with van der Waals surface area (Å²) >= 11 is 0. The predicted octanol–water partition coefficient (Wildman–Crippen LogP) is 5.17. The molecule has 1 amide bonds. The van der Waals surface area contributed by atoms with Crippen molar-refractivity contribution in [2.75, 3.05) is 10.6 Å². The number of halogens is 1. The number of carbonyl (C=O) groups is 1. The summed E-state index contributed by atoms with van der Waals surface area (Å²) in [7, 11) is 0. The van der Waals surface area contributed by atoms with Gasteiger partial charge in [-0.25, -0.2) is 9.24 Å². The lowest BCUT2D eigenvalue weighted by Crippen LogP contribution is -2.36. The summed E-state index contributed by atoms with van der Waals surface area (Å²) in [5.74, 6) is 1.78. The smallest absolute Gasteiger partial charge is 0.228 e. The Morgan fingerprint density at radius 1 is 1.11 bits per heavy atom. The Morgan fingerprint density at radius 2 is 1.93 bits per heavy atom. The van der Waals surface area contributed by atoms with Crippen LogP contribution in [0.25, 0.3) is 4.85 Å². The van der Waals surface area contributed by atoms with Crippen LogP contribution >= 0.6 is 0 Å². The first kappa shape index (κ1) is 16.1. The summed E-state index contributed by atoms with van der Waals surface area (Å²) in [5.41, 5.74) is 5.64. The topological polar surface area (TPSA) is 45.5 Å². The van der Waals surface area contributed by atoms with Crippen molar-refractivity contribution in [3.8, 4) is 0 Å². The van der Waals surface area contributed by atoms with Gasteiger partial charge in [0.25, 0.3) is 0 Å². The number of anilines is 2. The van der Waals surface area contributed by atoms with Crippen molar-refractivity contribution in [3.63, 3.8) is 0 Å². The zero-order valence-corrected chi connectivity index (χ0v) is 15.3. The van der Waals surface area contributed by atoms with E-state index in [1.54, 1.807) is 6.07 Å². The summed E-state index contributed by atoms with van der Waals surface area (Å²) < 4.78 is 13.9. The average Bonchev–Trinajstić information content (AvgIpc) is 3.41. The quantitative estimate of drug-likeness (QED) is 0.678. The zero-order chi connectivity index (χ0) is 19.0. The van der Waals surface area contributed by atoms with E-state index in [9.17, 15) is 9.18 Å². The standard InChI is InChI=1S/C23H20FN3O/c1-25-18-9-13(4-5-15(18)24)23-21-12-3-2-11(8-12)20(21)22-14-10-19(28)26-16(14)6-7-17(22)27-23/h4-7,9,11-12,20-21,23,27H,2-3,8,10H2,(H,26,28)/t11?,12-,20-,21+,23-/m1/s1.